The molecule has 1 heterocycles. The van der Waals surface area contributed by atoms with Crippen LogP contribution in [0, 0.1) is 17.6 Å². The van der Waals surface area contributed by atoms with Gasteiger partial charge in [0.15, 0.2) is 11.6 Å². The van der Waals surface area contributed by atoms with E-state index in [0.717, 1.165) is 6.07 Å². The monoisotopic (exact) mass is 395 g/mol. The van der Waals surface area contributed by atoms with Gasteiger partial charge in [-0.15, -0.1) is 0 Å². The van der Waals surface area contributed by atoms with Gasteiger partial charge in [-0.05, 0) is 18.4 Å². The summed E-state index contributed by atoms with van der Waals surface area (Å²) >= 11 is 0. The van der Waals surface area contributed by atoms with Crippen LogP contribution in [0.2, 0.25) is 0 Å². The predicted molar refractivity (Wildman–Crippen MR) is 96.8 cm³/mol. The minimum absolute atomic E-state index is 0.0346. The fraction of sp³-hybridized carbons (Fsp3) is 0.421. The fourth-order valence-electron chi connectivity index (χ4n) is 2.85. The van der Waals surface area contributed by atoms with Gasteiger partial charge in [0.05, 0.1) is 18.6 Å². The summed E-state index contributed by atoms with van der Waals surface area (Å²) in [6.07, 6.45) is 3.16. The number of aliphatic carboxylic acids is 2. The number of aromatic nitrogens is 2. The summed E-state index contributed by atoms with van der Waals surface area (Å²) in [6, 6.07) is 1.73. The molecule has 0 saturated carbocycles. The summed E-state index contributed by atoms with van der Waals surface area (Å²) in [6.45, 7) is 3.73. The zero-order valence-corrected chi connectivity index (χ0v) is 15.6. The average molecular weight is 395 g/mol. The molecule has 0 spiro atoms. The third kappa shape index (κ3) is 5.85. The molecule has 0 amide bonds. The smallest absolute Gasteiger partial charge is 0.321 e. The van der Waals surface area contributed by atoms with Crippen LogP contribution in [0.1, 0.15) is 31.5 Å². The molecule has 7 nitrogen and oxygen atoms in total. The topological polar surface area (TPSA) is 104 Å². The van der Waals surface area contributed by atoms with Crippen molar-refractivity contribution < 1.29 is 28.6 Å². The van der Waals surface area contributed by atoms with Crippen molar-refractivity contribution >= 4 is 11.9 Å². The highest BCUT2D eigenvalue weighted by atomic mass is 19.2. The molecular weight excluding hydrogens is 372 g/mol. The number of imidazole rings is 1. The number of hydrogen-bond donors (Lipinski definition) is 3. The Bertz CT molecular complexity index is 838. The number of nitrogens with zero attached hydrogens (tertiary/aromatic N) is 2. The summed E-state index contributed by atoms with van der Waals surface area (Å²) < 4.78 is 28.6. The molecule has 2 aromatic rings. The Labute approximate surface area is 161 Å². The van der Waals surface area contributed by atoms with E-state index in [4.69, 9.17) is 0 Å². The van der Waals surface area contributed by atoms with Crippen molar-refractivity contribution in [1.82, 2.24) is 14.9 Å². The van der Waals surface area contributed by atoms with Crippen LogP contribution < -0.4 is 5.32 Å². The summed E-state index contributed by atoms with van der Waals surface area (Å²) in [4.78, 5) is 27.0. The number of carboxylic acid groups (broad SMARTS) is 2. The van der Waals surface area contributed by atoms with Crippen LogP contribution >= 0.6 is 0 Å². The molecule has 2 atom stereocenters. The average Bonchev–Trinajstić information content (AvgIpc) is 3.04. The lowest BCUT2D eigenvalue weighted by molar-refractivity contribution is -0.142. The Kier molecular flexibility index (Phi) is 7.22. The van der Waals surface area contributed by atoms with Gasteiger partial charge in [-0.1, -0.05) is 26.0 Å². The van der Waals surface area contributed by atoms with E-state index in [1.165, 1.54) is 29.2 Å². The molecule has 1 aromatic carbocycles. The van der Waals surface area contributed by atoms with Crippen LogP contribution in [0.25, 0.3) is 0 Å². The van der Waals surface area contributed by atoms with Gasteiger partial charge in [0.2, 0.25) is 0 Å². The number of carboxylic acids is 2. The summed E-state index contributed by atoms with van der Waals surface area (Å²) in [5.74, 6) is -4.13. The van der Waals surface area contributed by atoms with Crippen molar-refractivity contribution in [3.8, 4) is 0 Å². The summed E-state index contributed by atoms with van der Waals surface area (Å²) in [7, 11) is 0. The van der Waals surface area contributed by atoms with Gasteiger partial charge in [0.25, 0.3) is 0 Å². The number of benzene rings is 1. The number of hydrogen-bond acceptors (Lipinski definition) is 4. The molecular formula is C19H23F2N3O4. The highest BCUT2D eigenvalue weighted by Crippen LogP contribution is 2.14. The van der Waals surface area contributed by atoms with E-state index in [2.05, 4.69) is 10.3 Å². The highest BCUT2D eigenvalue weighted by molar-refractivity contribution is 5.77. The molecule has 0 aliphatic heterocycles. The molecule has 0 fully saturated rings. The largest absolute Gasteiger partial charge is 0.480 e. The Hall–Kier alpha value is -2.81. The van der Waals surface area contributed by atoms with Crippen molar-refractivity contribution in [1.29, 1.82) is 0 Å². The fourth-order valence-corrected chi connectivity index (χ4v) is 2.85. The van der Waals surface area contributed by atoms with E-state index >= 15 is 0 Å². The standard InChI is InChI=1S/C19H23F2N3O4/c1-11(2)6-15(18(25)26)23-16(19(27)28)7-13-9-24(10-22-13)8-12-4-3-5-14(20)17(12)21/h3-5,9-11,15-16,23H,6-8H2,1-2H3,(H,25,26)(H,27,28). The summed E-state index contributed by atoms with van der Waals surface area (Å²) in [5, 5.41) is 21.4. The lowest BCUT2D eigenvalue weighted by Gasteiger charge is -2.21. The van der Waals surface area contributed by atoms with Crippen molar-refractivity contribution in [3.63, 3.8) is 0 Å². The van der Waals surface area contributed by atoms with Crippen LogP contribution in [0.3, 0.4) is 0 Å². The minimum Gasteiger partial charge on any atom is -0.480 e. The SMILES string of the molecule is CC(C)CC(NC(Cc1cn(Cc2cccc(F)c2F)cn1)C(=O)O)C(=O)O. The Balaban J connectivity index is 2.09. The van der Waals surface area contributed by atoms with Crippen LogP contribution in [-0.2, 0) is 22.6 Å². The van der Waals surface area contributed by atoms with Gasteiger partial charge in [0, 0.05) is 18.2 Å². The van der Waals surface area contributed by atoms with Crippen molar-refractivity contribution in [2.75, 3.05) is 0 Å². The maximum absolute atomic E-state index is 13.8. The van der Waals surface area contributed by atoms with Gasteiger partial charge in [0.1, 0.15) is 12.1 Å². The molecule has 3 N–H and O–H groups in total. The first kappa shape index (κ1) is 21.5. The maximum atomic E-state index is 13.8. The maximum Gasteiger partial charge on any atom is 0.321 e. The molecule has 9 heteroatoms. The molecule has 28 heavy (non-hydrogen) atoms. The molecule has 152 valence electrons. The number of halogens is 2. The van der Waals surface area contributed by atoms with Crippen LogP contribution in [0.4, 0.5) is 8.78 Å². The second-order valence-corrected chi connectivity index (χ2v) is 7.03. The number of carbonyl (C=O) groups is 2. The first-order valence-corrected chi connectivity index (χ1v) is 8.82. The van der Waals surface area contributed by atoms with Gasteiger partial charge in [-0.25, -0.2) is 13.8 Å². The third-order valence-electron chi connectivity index (χ3n) is 4.19. The van der Waals surface area contributed by atoms with E-state index in [1.807, 2.05) is 13.8 Å². The molecule has 0 aliphatic carbocycles. The minimum atomic E-state index is -1.19. The van der Waals surface area contributed by atoms with E-state index in [0.29, 0.717) is 5.69 Å². The van der Waals surface area contributed by atoms with E-state index in [1.54, 1.807) is 0 Å². The predicted octanol–water partition coefficient (Wildman–Crippen LogP) is 2.29. The second kappa shape index (κ2) is 9.41. The molecule has 1 aromatic heterocycles. The van der Waals surface area contributed by atoms with E-state index in [-0.39, 0.29) is 30.9 Å². The highest BCUT2D eigenvalue weighted by Gasteiger charge is 2.27. The van der Waals surface area contributed by atoms with Gasteiger partial charge >= 0.3 is 11.9 Å². The van der Waals surface area contributed by atoms with Gasteiger partial charge < -0.3 is 14.8 Å². The third-order valence-corrected chi connectivity index (χ3v) is 4.19. The van der Waals surface area contributed by atoms with Crippen molar-refractivity contribution in [2.24, 2.45) is 5.92 Å². The number of rotatable bonds is 10. The first-order chi connectivity index (χ1) is 13.2. The Morgan fingerprint density at radius 1 is 1.18 bits per heavy atom. The molecule has 0 aliphatic rings. The van der Waals surface area contributed by atoms with Gasteiger partial charge in [-0.3, -0.25) is 14.9 Å². The molecule has 2 unspecified atom stereocenters. The van der Waals surface area contributed by atoms with Crippen molar-refractivity contribution in [3.05, 3.63) is 53.6 Å². The number of nitrogens with one attached hydrogen (secondary N) is 1. The Morgan fingerprint density at radius 2 is 1.86 bits per heavy atom. The molecule has 0 bridgehead atoms. The zero-order chi connectivity index (χ0) is 20.8. The van der Waals surface area contributed by atoms with Crippen molar-refractivity contribution in [2.45, 2.75) is 45.3 Å². The quantitative estimate of drug-likeness (QED) is 0.570. The van der Waals surface area contributed by atoms with Gasteiger partial charge in [-0.2, -0.15) is 0 Å². The second-order valence-electron chi connectivity index (χ2n) is 7.03. The zero-order valence-electron chi connectivity index (χ0n) is 15.6. The van der Waals surface area contributed by atoms with Crippen LogP contribution in [0.5, 0.6) is 0 Å². The molecule has 0 radical (unpaired) electrons. The summed E-state index contributed by atoms with van der Waals surface area (Å²) in [5.41, 5.74) is 0.533. The van der Waals surface area contributed by atoms with Crippen LogP contribution in [0.15, 0.2) is 30.7 Å². The molecule has 2 rings (SSSR count). The Morgan fingerprint density at radius 3 is 2.46 bits per heavy atom. The van der Waals surface area contributed by atoms with E-state index in [9.17, 15) is 28.6 Å². The lowest BCUT2D eigenvalue weighted by Crippen LogP contribution is -2.48. The first-order valence-electron chi connectivity index (χ1n) is 8.82. The van der Waals surface area contributed by atoms with E-state index < -0.39 is 35.7 Å². The molecule has 0 saturated heterocycles. The van der Waals surface area contributed by atoms with Crippen LogP contribution in [-0.4, -0.2) is 43.8 Å². The normalized spacial score (nSPS) is 13.5. The lowest BCUT2D eigenvalue weighted by atomic mass is 10.0.